The van der Waals surface area contributed by atoms with Gasteiger partial charge in [0.05, 0.1) is 11.4 Å². The number of hydrogen-bond donors (Lipinski definition) is 2. The maximum Gasteiger partial charge on any atom is 0.443 e. The predicted molar refractivity (Wildman–Crippen MR) is 146 cm³/mol. The van der Waals surface area contributed by atoms with Gasteiger partial charge in [-0.05, 0) is 25.3 Å². The maximum atomic E-state index is 13.6. The molecule has 1 unspecified atom stereocenters. The lowest BCUT2D eigenvalue weighted by atomic mass is 10.0. The summed E-state index contributed by atoms with van der Waals surface area (Å²) in [5, 5.41) is 13.0. The van der Waals surface area contributed by atoms with Crippen LogP contribution in [-0.2, 0) is 11.0 Å². The van der Waals surface area contributed by atoms with E-state index >= 15 is 0 Å². The van der Waals surface area contributed by atoms with Crippen LogP contribution in [-0.4, -0.2) is 45.6 Å². The first-order chi connectivity index (χ1) is 19.3. The summed E-state index contributed by atoms with van der Waals surface area (Å²) < 4.78 is 46.7. The van der Waals surface area contributed by atoms with Crippen LogP contribution in [0.5, 0.6) is 0 Å². The molecule has 0 bridgehead atoms. The number of nitrogens with zero attached hydrogens (tertiary/aromatic N) is 5. The molecule has 1 fully saturated rings. The van der Waals surface area contributed by atoms with Gasteiger partial charge in [0.2, 0.25) is 11.2 Å². The van der Waals surface area contributed by atoms with Crippen LogP contribution in [0.1, 0.15) is 42.3 Å². The van der Waals surface area contributed by atoms with E-state index in [-0.39, 0.29) is 23.6 Å². The number of carbonyl (C=O) groups is 1. The van der Waals surface area contributed by atoms with Crippen LogP contribution in [0.2, 0.25) is 0 Å². The van der Waals surface area contributed by atoms with Crippen molar-refractivity contribution in [3.05, 3.63) is 70.7 Å². The molecule has 40 heavy (non-hydrogen) atoms. The van der Waals surface area contributed by atoms with Gasteiger partial charge in [0.15, 0.2) is 5.69 Å². The molecule has 1 saturated heterocycles. The second-order valence-electron chi connectivity index (χ2n) is 9.41. The summed E-state index contributed by atoms with van der Waals surface area (Å²) in [6, 6.07) is 16.6. The molecular weight excluding hydrogens is 543 g/mol. The monoisotopic (exact) mass is 567 g/mol. The minimum atomic E-state index is -4.61. The number of aliphatic imine (C=N–C) groups is 1. The van der Waals surface area contributed by atoms with E-state index in [0.29, 0.717) is 34.3 Å². The van der Waals surface area contributed by atoms with Gasteiger partial charge in [-0.25, -0.2) is 9.98 Å². The van der Waals surface area contributed by atoms with Gasteiger partial charge in [-0.2, -0.15) is 13.2 Å². The molecule has 6 rings (SSSR count). The molecule has 2 aromatic carbocycles. The van der Waals surface area contributed by atoms with Gasteiger partial charge in [0, 0.05) is 23.7 Å². The quantitative estimate of drug-likeness (QED) is 0.302. The minimum Gasteiger partial charge on any atom is -0.402 e. The molecule has 206 valence electrons. The van der Waals surface area contributed by atoms with Gasteiger partial charge < -0.3 is 20.0 Å². The van der Waals surface area contributed by atoms with E-state index < -0.39 is 23.3 Å². The molecule has 4 aromatic rings. The average molecular weight is 568 g/mol. The molecule has 1 amide bonds. The standard InChI is InChI=1S/C27H24F3N7O2S/c1-2-16-11-8-14-37(16)24-20(33-25(40-24)27(28,29)30)23-35-36-26(39-23)34-21-22(38)31-18-13-7-6-12-17(18)19(32-21)15-9-4-3-5-10-15/h3-7,9-10,12-13,16,21H,2,8,11,14H2,1H3,(H,31,38)(H,34,36)/t16-,21?/m0/s1. The number of halogens is 3. The Morgan fingerprint density at radius 1 is 1.12 bits per heavy atom. The fourth-order valence-electron chi connectivity index (χ4n) is 4.97. The van der Waals surface area contributed by atoms with Gasteiger partial charge >= 0.3 is 12.2 Å². The Labute approximate surface area is 231 Å². The van der Waals surface area contributed by atoms with Gasteiger partial charge in [-0.15, -0.1) is 5.10 Å². The van der Waals surface area contributed by atoms with Crippen molar-refractivity contribution in [1.29, 1.82) is 0 Å². The average Bonchev–Trinajstić information content (AvgIpc) is 3.69. The van der Waals surface area contributed by atoms with E-state index in [0.717, 1.165) is 30.4 Å². The molecule has 13 heteroatoms. The van der Waals surface area contributed by atoms with Crippen LogP contribution in [0.3, 0.4) is 0 Å². The van der Waals surface area contributed by atoms with E-state index in [1.807, 2.05) is 60.4 Å². The highest BCUT2D eigenvalue weighted by Crippen LogP contribution is 2.44. The van der Waals surface area contributed by atoms with E-state index in [1.165, 1.54) is 0 Å². The van der Waals surface area contributed by atoms with Gasteiger partial charge in [0.25, 0.3) is 11.8 Å². The summed E-state index contributed by atoms with van der Waals surface area (Å²) in [6.45, 7) is 2.62. The molecule has 0 radical (unpaired) electrons. The van der Waals surface area contributed by atoms with E-state index in [1.54, 1.807) is 6.07 Å². The number of aromatic nitrogens is 3. The van der Waals surface area contributed by atoms with Crippen LogP contribution in [0.4, 0.5) is 29.9 Å². The van der Waals surface area contributed by atoms with Gasteiger partial charge in [0.1, 0.15) is 5.00 Å². The minimum absolute atomic E-state index is 0.0237. The molecule has 2 N–H and O–H groups in total. The summed E-state index contributed by atoms with van der Waals surface area (Å²) in [5.41, 5.74) is 2.67. The Hall–Kier alpha value is -4.26. The number of alkyl halides is 3. The Kier molecular flexibility index (Phi) is 6.74. The van der Waals surface area contributed by atoms with Gasteiger partial charge in [-0.3, -0.25) is 4.79 Å². The number of thiazole rings is 1. The Morgan fingerprint density at radius 2 is 1.90 bits per heavy atom. The third-order valence-corrected chi connectivity index (χ3v) is 7.98. The van der Waals surface area contributed by atoms with E-state index in [2.05, 4.69) is 30.8 Å². The van der Waals surface area contributed by atoms with Gasteiger partial charge in [-0.1, -0.05) is 71.9 Å². The molecule has 2 aliphatic heterocycles. The molecule has 0 saturated carbocycles. The van der Waals surface area contributed by atoms with Crippen LogP contribution >= 0.6 is 11.3 Å². The first kappa shape index (κ1) is 26.0. The normalized spacial score (nSPS) is 19.1. The Balaban J connectivity index is 1.34. The zero-order valence-corrected chi connectivity index (χ0v) is 22.1. The van der Waals surface area contributed by atoms with Crippen molar-refractivity contribution >= 4 is 39.7 Å². The van der Waals surface area contributed by atoms with Crippen molar-refractivity contribution in [3.8, 4) is 11.6 Å². The van der Waals surface area contributed by atoms with Crippen LogP contribution in [0.15, 0.2) is 64.0 Å². The number of nitrogens with one attached hydrogen (secondary N) is 2. The number of anilines is 3. The number of carbonyl (C=O) groups excluding carboxylic acids is 1. The van der Waals surface area contributed by atoms with E-state index in [4.69, 9.17) is 4.42 Å². The second kappa shape index (κ2) is 10.4. The van der Waals surface area contributed by atoms with Crippen LogP contribution in [0.25, 0.3) is 11.6 Å². The highest BCUT2D eigenvalue weighted by molar-refractivity contribution is 7.16. The number of benzene rings is 2. The molecule has 2 aromatic heterocycles. The van der Waals surface area contributed by atoms with Crippen molar-refractivity contribution in [2.45, 2.75) is 44.6 Å². The van der Waals surface area contributed by atoms with Crippen LogP contribution < -0.4 is 15.5 Å². The van der Waals surface area contributed by atoms with E-state index in [9.17, 15) is 18.0 Å². The molecule has 0 spiro atoms. The van der Waals surface area contributed by atoms with Crippen molar-refractivity contribution in [1.82, 2.24) is 15.2 Å². The van der Waals surface area contributed by atoms with Crippen molar-refractivity contribution in [2.24, 2.45) is 4.99 Å². The summed E-state index contributed by atoms with van der Waals surface area (Å²) >= 11 is 0.572. The topological polar surface area (TPSA) is 109 Å². The lowest BCUT2D eigenvalue weighted by molar-refractivity contribution is -0.137. The largest absolute Gasteiger partial charge is 0.443 e. The van der Waals surface area contributed by atoms with Crippen molar-refractivity contribution in [3.63, 3.8) is 0 Å². The molecule has 9 nitrogen and oxygen atoms in total. The Morgan fingerprint density at radius 3 is 2.67 bits per heavy atom. The highest BCUT2D eigenvalue weighted by atomic mass is 32.1. The summed E-state index contributed by atoms with van der Waals surface area (Å²) in [5.74, 6) is -0.634. The SMILES string of the molecule is CC[C@H]1CCCN1c1sc(C(F)(F)F)nc1-c1nnc(NC2N=C(c3ccccc3)c3ccccc3NC2=O)o1. The first-order valence-electron chi connectivity index (χ1n) is 12.8. The number of benzodiazepines with no additional fused rings is 1. The summed E-state index contributed by atoms with van der Waals surface area (Å²) in [4.78, 5) is 23.6. The smallest absolute Gasteiger partial charge is 0.402 e. The third kappa shape index (κ3) is 4.92. The molecule has 2 atom stereocenters. The number of hydrogen-bond acceptors (Lipinski definition) is 9. The predicted octanol–water partition coefficient (Wildman–Crippen LogP) is 5.82. The number of para-hydroxylation sites is 1. The Bertz CT molecular complexity index is 1570. The van der Waals surface area contributed by atoms with Crippen molar-refractivity contribution in [2.75, 3.05) is 22.1 Å². The van der Waals surface area contributed by atoms with Crippen molar-refractivity contribution < 1.29 is 22.4 Å². The summed E-state index contributed by atoms with van der Waals surface area (Å²) in [6.07, 6.45) is -3.23. The zero-order chi connectivity index (χ0) is 27.9. The fraction of sp³-hybridized carbons (Fsp3) is 0.296. The number of amides is 1. The molecular formula is C27H24F3N7O2S. The number of fused-ring (bicyclic) bond motifs is 1. The second-order valence-corrected chi connectivity index (χ2v) is 10.4. The molecule has 4 heterocycles. The molecule has 0 aliphatic carbocycles. The third-order valence-electron chi connectivity index (χ3n) is 6.84. The maximum absolute atomic E-state index is 13.6. The fourth-order valence-corrected chi connectivity index (χ4v) is 5.99. The molecule has 2 aliphatic rings. The highest BCUT2D eigenvalue weighted by Gasteiger charge is 2.39. The zero-order valence-electron chi connectivity index (χ0n) is 21.3. The van der Waals surface area contributed by atoms with Crippen LogP contribution in [0, 0.1) is 0 Å². The first-order valence-corrected chi connectivity index (χ1v) is 13.6. The number of rotatable bonds is 6. The lowest BCUT2D eigenvalue weighted by Gasteiger charge is -2.24. The summed E-state index contributed by atoms with van der Waals surface area (Å²) in [7, 11) is 0. The lowest BCUT2D eigenvalue weighted by Crippen LogP contribution is -2.32.